The molecule has 0 radical (unpaired) electrons. The van der Waals surface area contributed by atoms with Gasteiger partial charge in [0.2, 0.25) is 5.91 Å². The molecule has 2 N–H and O–H groups in total. The van der Waals surface area contributed by atoms with E-state index in [1.165, 1.54) is 0 Å². The van der Waals surface area contributed by atoms with Crippen molar-refractivity contribution in [2.24, 2.45) is 0 Å². The van der Waals surface area contributed by atoms with Gasteiger partial charge < -0.3 is 15.0 Å². The number of benzene rings is 3. The van der Waals surface area contributed by atoms with Crippen LogP contribution in [0.1, 0.15) is 22.7 Å². The highest BCUT2D eigenvalue weighted by Gasteiger charge is 2.18. The van der Waals surface area contributed by atoms with Crippen molar-refractivity contribution in [3.8, 4) is 0 Å². The quantitative estimate of drug-likeness (QED) is 0.470. The molecule has 4 aromatic rings. The molecule has 0 aliphatic heterocycles. The molecule has 5 nitrogen and oxygen atoms in total. The first kappa shape index (κ1) is 19.2. The average molecular weight is 406 g/mol. The summed E-state index contributed by atoms with van der Waals surface area (Å²) in [6.45, 7) is 0.226. The molecule has 0 saturated heterocycles. The zero-order valence-corrected chi connectivity index (χ0v) is 16.4. The summed E-state index contributed by atoms with van der Waals surface area (Å²) in [6.07, 6.45) is 1.66. The third-order valence-electron chi connectivity index (χ3n) is 4.66. The lowest BCUT2D eigenvalue weighted by Crippen LogP contribution is -2.32. The van der Waals surface area contributed by atoms with E-state index >= 15 is 0 Å². The van der Waals surface area contributed by atoms with Crippen LogP contribution in [0.15, 0.2) is 79.1 Å². The molecule has 6 heteroatoms. The number of H-pyrrole nitrogens is 1. The lowest BCUT2D eigenvalue weighted by Gasteiger charge is -2.20. The molecule has 0 aliphatic rings. The van der Waals surface area contributed by atoms with Crippen LogP contribution in [0.3, 0.4) is 0 Å². The number of nitrogens with zero attached hydrogens (tertiary/aromatic N) is 1. The summed E-state index contributed by atoms with van der Waals surface area (Å²) in [4.78, 5) is 20.0. The first-order valence-corrected chi connectivity index (χ1v) is 9.67. The third-order valence-corrected chi connectivity index (χ3v) is 5.03. The van der Waals surface area contributed by atoms with Crippen molar-refractivity contribution in [3.63, 3.8) is 0 Å². The minimum atomic E-state index is -0.291. The van der Waals surface area contributed by atoms with Crippen LogP contribution >= 0.6 is 11.6 Å². The van der Waals surface area contributed by atoms with Gasteiger partial charge in [-0.2, -0.15) is 0 Å². The number of carbonyl (C=O) groups excluding carboxylic acids is 1. The number of fused-ring (bicyclic) bond motifs is 1. The number of carbonyl (C=O) groups is 1. The highest BCUT2D eigenvalue weighted by Crippen LogP contribution is 2.24. The van der Waals surface area contributed by atoms with Crippen LogP contribution in [-0.4, -0.2) is 22.5 Å². The molecular weight excluding hydrogens is 386 g/mol. The Balaban J connectivity index is 1.48. The molecule has 4 rings (SSSR count). The largest absolute Gasteiger partial charge is 0.367 e. The summed E-state index contributed by atoms with van der Waals surface area (Å²) in [6, 6.07) is 22.9. The second kappa shape index (κ2) is 8.90. The van der Waals surface area contributed by atoms with E-state index in [9.17, 15) is 4.79 Å². The maximum Gasteiger partial charge on any atom is 0.246 e. The molecule has 0 bridgehead atoms. The number of amides is 1. The Morgan fingerprint density at radius 1 is 1.03 bits per heavy atom. The van der Waals surface area contributed by atoms with Crippen molar-refractivity contribution in [1.82, 2.24) is 15.3 Å². The molecule has 0 spiro atoms. The monoisotopic (exact) mass is 405 g/mol. The van der Waals surface area contributed by atoms with E-state index in [-0.39, 0.29) is 25.2 Å². The van der Waals surface area contributed by atoms with Crippen molar-refractivity contribution in [2.45, 2.75) is 12.6 Å². The van der Waals surface area contributed by atoms with Crippen molar-refractivity contribution in [1.29, 1.82) is 0 Å². The fourth-order valence-corrected chi connectivity index (χ4v) is 3.40. The van der Waals surface area contributed by atoms with E-state index in [0.29, 0.717) is 5.02 Å². The summed E-state index contributed by atoms with van der Waals surface area (Å²) >= 11 is 6.13. The second-order valence-electron chi connectivity index (χ2n) is 6.67. The van der Waals surface area contributed by atoms with Crippen LogP contribution in [0.25, 0.3) is 11.0 Å². The number of rotatable bonds is 7. The second-order valence-corrected chi connectivity index (χ2v) is 7.08. The summed E-state index contributed by atoms with van der Waals surface area (Å²) in [5.41, 5.74) is 4.62. The molecular formula is C23H20ClN3O2. The molecule has 146 valence electrons. The lowest BCUT2D eigenvalue weighted by atomic mass is 9.98. The van der Waals surface area contributed by atoms with Crippen LogP contribution in [0.5, 0.6) is 0 Å². The van der Waals surface area contributed by atoms with Crippen LogP contribution in [-0.2, 0) is 16.1 Å². The molecule has 1 amide bonds. The van der Waals surface area contributed by atoms with E-state index in [2.05, 4.69) is 15.3 Å². The molecule has 0 fully saturated rings. The summed E-state index contributed by atoms with van der Waals surface area (Å²) < 4.78 is 5.58. The van der Waals surface area contributed by atoms with E-state index in [0.717, 1.165) is 27.7 Å². The SMILES string of the molecule is O=C(COCc1ccccc1Cl)NC(c1ccccc1)c1ccc2nc[nH]c2c1. The Kier molecular flexibility index (Phi) is 5.89. The van der Waals surface area contributed by atoms with E-state index in [1.807, 2.05) is 66.7 Å². The molecule has 1 aromatic heterocycles. The number of hydrogen-bond acceptors (Lipinski definition) is 3. The van der Waals surface area contributed by atoms with Gasteiger partial charge in [-0.25, -0.2) is 4.98 Å². The average Bonchev–Trinajstić information content (AvgIpc) is 3.22. The molecule has 29 heavy (non-hydrogen) atoms. The Labute approximate surface area is 173 Å². The fraction of sp³-hybridized carbons (Fsp3) is 0.130. The molecule has 0 saturated carbocycles. The highest BCUT2D eigenvalue weighted by molar-refractivity contribution is 6.31. The highest BCUT2D eigenvalue weighted by atomic mass is 35.5. The van der Waals surface area contributed by atoms with Gasteiger partial charge in [0, 0.05) is 5.02 Å². The van der Waals surface area contributed by atoms with Gasteiger partial charge in [0.1, 0.15) is 6.61 Å². The van der Waals surface area contributed by atoms with Gasteiger partial charge in [0.25, 0.3) is 0 Å². The van der Waals surface area contributed by atoms with Crippen LogP contribution in [0, 0.1) is 0 Å². The van der Waals surface area contributed by atoms with Crippen molar-refractivity contribution < 1.29 is 9.53 Å². The zero-order valence-electron chi connectivity index (χ0n) is 15.6. The van der Waals surface area contributed by atoms with Gasteiger partial charge in [-0.15, -0.1) is 0 Å². The van der Waals surface area contributed by atoms with E-state index < -0.39 is 0 Å². The molecule has 3 aromatic carbocycles. The van der Waals surface area contributed by atoms with Crippen molar-refractivity contribution in [3.05, 3.63) is 101 Å². The van der Waals surface area contributed by atoms with Gasteiger partial charge >= 0.3 is 0 Å². The van der Waals surface area contributed by atoms with Crippen molar-refractivity contribution >= 4 is 28.5 Å². The molecule has 1 unspecified atom stereocenters. The lowest BCUT2D eigenvalue weighted by molar-refractivity contribution is -0.126. The fourth-order valence-electron chi connectivity index (χ4n) is 3.21. The summed E-state index contributed by atoms with van der Waals surface area (Å²) in [7, 11) is 0. The van der Waals surface area contributed by atoms with Crippen LogP contribution < -0.4 is 5.32 Å². The number of aromatic amines is 1. The number of nitrogens with one attached hydrogen (secondary N) is 2. The number of imidazole rings is 1. The number of hydrogen-bond donors (Lipinski definition) is 2. The Bertz CT molecular complexity index is 1110. The van der Waals surface area contributed by atoms with Crippen molar-refractivity contribution in [2.75, 3.05) is 6.61 Å². The maximum atomic E-state index is 12.6. The Morgan fingerprint density at radius 3 is 2.66 bits per heavy atom. The maximum absolute atomic E-state index is 12.6. The summed E-state index contributed by atoms with van der Waals surface area (Å²) in [5, 5.41) is 3.70. The molecule has 1 heterocycles. The normalized spacial score (nSPS) is 12.0. The standard InChI is InChI=1S/C23H20ClN3O2/c24-19-9-5-4-8-18(19)13-29-14-22(28)27-23(16-6-2-1-3-7-16)17-10-11-20-21(12-17)26-15-25-20/h1-12,15,23H,13-14H2,(H,25,26)(H,27,28). The number of halogens is 1. The Hall–Kier alpha value is -3.15. The number of aromatic nitrogens is 2. The first-order valence-electron chi connectivity index (χ1n) is 9.29. The predicted molar refractivity (Wildman–Crippen MR) is 114 cm³/mol. The van der Waals surface area contributed by atoms with E-state index in [4.69, 9.17) is 16.3 Å². The van der Waals surface area contributed by atoms with E-state index in [1.54, 1.807) is 12.4 Å². The van der Waals surface area contributed by atoms with Gasteiger partial charge in [-0.05, 0) is 34.9 Å². The van der Waals surface area contributed by atoms with Gasteiger partial charge in [-0.3, -0.25) is 4.79 Å². The van der Waals surface area contributed by atoms with Gasteiger partial charge in [0.05, 0.1) is 30.0 Å². The topological polar surface area (TPSA) is 67.0 Å². The van der Waals surface area contributed by atoms with Crippen LogP contribution in [0.4, 0.5) is 0 Å². The predicted octanol–water partition coefficient (Wildman–Crippen LogP) is 4.64. The Morgan fingerprint density at radius 2 is 1.83 bits per heavy atom. The van der Waals surface area contributed by atoms with Crippen LogP contribution in [0.2, 0.25) is 5.02 Å². The minimum Gasteiger partial charge on any atom is -0.367 e. The first-order chi connectivity index (χ1) is 14.2. The molecule has 1 atom stereocenters. The molecule has 0 aliphatic carbocycles. The third kappa shape index (κ3) is 4.65. The van der Waals surface area contributed by atoms with Gasteiger partial charge in [-0.1, -0.05) is 66.2 Å². The minimum absolute atomic E-state index is 0.0547. The summed E-state index contributed by atoms with van der Waals surface area (Å²) in [5.74, 6) is -0.199. The van der Waals surface area contributed by atoms with Gasteiger partial charge in [0.15, 0.2) is 0 Å². The number of ether oxygens (including phenoxy) is 1. The smallest absolute Gasteiger partial charge is 0.246 e. The zero-order chi connectivity index (χ0) is 20.1.